The fraction of sp³-hybridized carbons (Fsp3) is 0.233. The first-order valence-corrected chi connectivity index (χ1v) is 19.0. The normalized spacial score (nSPS) is 15.5. The van der Waals surface area contributed by atoms with Gasteiger partial charge in [-0.2, -0.15) is 0 Å². The number of carbonyl (C=O) groups excluding carboxylic acids is 2. The molecule has 8 rings (SSSR count). The van der Waals surface area contributed by atoms with Crippen LogP contribution >= 0.6 is 9.39 Å². The number of hydrogen-bond acceptors (Lipinski definition) is 10. The first kappa shape index (κ1) is 37.5. The van der Waals surface area contributed by atoms with E-state index >= 15 is 0 Å². The predicted molar refractivity (Wildman–Crippen MR) is 221 cm³/mol. The molecule has 0 aliphatic carbocycles. The molecule has 13 nitrogen and oxygen atoms in total. The molecule has 57 heavy (non-hydrogen) atoms. The van der Waals surface area contributed by atoms with E-state index in [4.69, 9.17) is 18.9 Å². The van der Waals surface area contributed by atoms with Gasteiger partial charge in [0.05, 0.1) is 47.7 Å². The monoisotopic (exact) mass is 785 g/mol. The van der Waals surface area contributed by atoms with Crippen molar-refractivity contribution in [2.24, 2.45) is 4.99 Å². The molecule has 0 saturated heterocycles. The summed E-state index contributed by atoms with van der Waals surface area (Å²) in [6.07, 6.45) is 3.11. The van der Waals surface area contributed by atoms with Crippen molar-refractivity contribution in [1.29, 1.82) is 0 Å². The maximum absolute atomic E-state index is 14.0. The van der Waals surface area contributed by atoms with Crippen LogP contribution in [0, 0.1) is 10.1 Å². The van der Waals surface area contributed by atoms with Crippen molar-refractivity contribution in [2.75, 3.05) is 41.8 Å². The minimum absolute atomic E-state index is 0.0358. The number of nitrogens with zero attached hydrogens (tertiary/aromatic N) is 5. The molecule has 2 unspecified atom stereocenters. The number of benzene rings is 5. The lowest BCUT2D eigenvalue weighted by Gasteiger charge is -2.24. The summed E-state index contributed by atoms with van der Waals surface area (Å²) in [4.78, 5) is 47.5. The Labute approximate surface area is 331 Å². The number of anilines is 3. The van der Waals surface area contributed by atoms with Gasteiger partial charge in [0.1, 0.15) is 13.2 Å². The van der Waals surface area contributed by atoms with Crippen molar-refractivity contribution in [1.82, 2.24) is 0 Å². The number of methoxy groups -OCH3 is 2. The highest BCUT2D eigenvalue weighted by Crippen LogP contribution is 2.44. The highest BCUT2D eigenvalue weighted by Gasteiger charge is 2.39. The summed E-state index contributed by atoms with van der Waals surface area (Å²) in [5.41, 5.74) is 6.81. The molecule has 3 aliphatic rings. The van der Waals surface area contributed by atoms with Crippen LogP contribution in [0.5, 0.6) is 23.0 Å². The second-order valence-electron chi connectivity index (χ2n) is 13.9. The van der Waals surface area contributed by atoms with E-state index in [1.807, 2.05) is 52.0 Å². The molecule has 0 fully saturated rings. The zero-order valence-electron chi connectivity index (χ0n) is 31.6. The van der Waals surface area contributed by atoms with Gasteiger partial charge in [-0.1, -0.05) is 36.4 Å². The van der Waals surface area contributed by atoms with Gasteiger partial charge in [-0.3, -0.25) is 24.7 Å². The Balaban J connectivity index is 1.03. The SMILES string of the molecule is C/C=N\c1cc(OCc2cc(COc3cc4c(cc3OC)C(=O)N3c5ccccc5CC3CN4P)cc([N+](=O)[O-])c2)c(OC)cc1C(=O)N1CCc2ccccc21. The Morgan fingerprint density at radius 2 is 1.51 bits per heavy atom. The topological polar surface area (TPSA) is 136 Å². The van der Waals surface area contributed by atoms with Crippen molar-refractivity contribution in [3.05, 3.63) is 134 Å². The predicted octanol–water partition coefficient (Wildman–Crippen LogP) is 7.88. The summed E-state index contributed by atoms with van der Waals surface area (Å²) < 4.78 is 25.8. The van der Waals surface area contributed by atoms with Crippen molar-refractivity contribution in [2.45, 2.75) is 39.0 Å². The molecule has 2 amide bonds. The number of para-hydroxylation sites is 2. The molecule has 0 spiro atoms. The number of rotatable bonds is 11. The van der Waals surface area contributed by atoms with Gasteiger partial charge in [0.15, 0.2) is 23.0 Å². The van der Waals surface area contributed by atoms with Crippen molar-refractivity contribution in [3.8, 4) is 23.0 Å². The molecule has 0 N–H and O–H groups in total. The number of hydrogen-bond donors (Lipinski definition) is 0. The van der Waals surface area contributed by atoms with E-state index < -0.39 is 4.92 Å². The molecule has 3 heterocycles. The van der Waals surface area contributed by atoms with Gasteiger partial charge in [0.2, 0.25) is 0 Å². The number of carbonyl (C=O) groups is 2. The highest BCUT2D eigenvalue weighted by molar-refractivity contribution is 7.19. The molecule has 2 atom stereocenters. The van der Waals surface area contributed by atoms with Crippen LogP contribution in [-0.2, 0) is 26.1 Å². The minimum Gasteiger partial charge on any atom is -0.493 e. The summed E-state index contributed by atoms with van der Waals surface area (Å²) in [5, 5.41) is 12.1. The fourth-order valence-corrected chi connectivity index (χ4v) is 8.29. The Hall–Kier alpha value is -6.46. The summed E-state index contributed by atoms with van der Waals surface area (Å²) >= 11 is 0. The van der Waals surface area contributed by atoms with Gasteiger partial charge in [-0.05, 0) is 81.7 Å². The largest absolute Gasteiger partial charge is 0.493 e. The van der Waals surface area contributed by atoms with Gasteiger partial charge in [-0.25, -0.2) is 0 Å². The second kappa shape index (κ2) is 15.6. The van der Waals surface area contributed by atoms with Crippen LogP contribution in [-0.4, -0.2) is 56.3 Å². The number of aliphatic imine (C=N–C) groups is 1. The van der Waals surface area contributed by atoms with Crippen LogP contribution in [0.4, 0.5) is 28.4 Å². The van der Waals surface area contributed by atoms with E-state index in [-0.39, 0.29) is 36.8 Å². The molecule has 0 bridgehead atoms. The molecule has 5 aromatic rings. The number of fused-ring (bicyclic) bond motifs is 5. The maximum atomic E-state index is 14.0. The van der Waals surface area contributed by atoms with Crippen molar-refractivity contribution < 1.29 is 33.5 Å². The number of nitro benzene ring substituents is 1. The van der Waals surface area contributed by atoms with Crippen LogP contribution in [0.3, 0.4) is 0 Å². The van der Waals surface area contributed by atoms with E-state index in [1.54, 1.807) is 48.4 Å². The second-order valence-corrected chi connectivity index (χ2v) is 14.5. The Kier molecular flexibility index (Phi) is 10.2. The molecular formula is C43H40N5O8P. The smallest absolute Gasteiger partial charge is 0.270 e. The Morgan fingerprint density at radius 1 is 0.860 bits per heavy atom. The first-order valence-electron chi connectivity index (χ1n) is 18.5. The van der Waals surface area contributed by atoms with E-state index in [2.05, 4.69) is 20.4 Å². The minimum atomic E-state index is -0.469. The van der Waals surface area contributed by atoms with E-state index in [0.29, 0.717) is 69.7 Å². The number of non-ortho nitro benzene ring substituents is 1. The van der Waals surface area contributed by atoms with Crippen molar-refractivity contribution >= 4 is 55.9 Å². The van der Waals surface area contributed by atoms with Crippen LogP contribution in [0.2, 0.25) is 0 Å². The average molecular weight is 786 g/mol. The third-order valence-electron chi connectivity index (χ3n) is 10.5. The zero-order chi connectivity index (χ0) is 39.8. The average Bonchev–Trinajstić information content (AvgIpc) is 3.80. The molecule has 290 valence electrons. The van der Waals surface area contributed by atoms with Crippen LogP contribution in [0.15, 0.2) is 96.0 Å². The molecule has 5 aromatic carbocycles. The van der Waals surface area contributed by atoms with Gasteiger partial charge < -0.3 is 33.4 Å². The summed E-state index contributed by atoms with van der Waals surface area (Å²) in [6, 6.07) is 27.1. The number of ether oxygens (including phenoxy) is 4. The standard InChI is InChI=1S/C43H40N5O8P/c1-4-44-34-21-40(38(53-2)19-32(34)42(49)45-14-13-28-9-5-7-11-35(28)45)55-24-26-15-27(17-30(16-26)48(51)52)25-56-41-22-37-33(20-39(41)54-3)43(50)47-31(23-46(37)57)18-29-10-6-8-12-36(29)47/h4-12,15-17,19-22,31H,13-14,18,23-25,57H2,1-3H3/b44-4-. The molecule has 0 saturated carbocycles. The maximum Gasteiger partial charge on any atom is 0.270 e. The van der Waals surface area contributed by atoms with Crippen LogP contribution in [0.1, 0.15) is 49.9 Å². The summed E-state index contributed by atoms with van der Waals surface area (Å²) in [7, 11) is 5.71. The lowest BCUT2D eigenvalue weighted by Crippen LogP contribution is -2.40. The third-order valence-corrected chi connectivity index (χ3v) is 11.0. The van der Waals surface area contributed by atoms with Gasteiger partial charge in [0, 0.05) is 54.9 Å². The Morgan fingerprint density at radius 3 is 2.19 bits per heavy atom. The molecule has 0 radical (unpaired) electrons. The lowest BCUT2D eigenvalue weighted by molar-refractivity contribution is -0.385. The van der Waals surface area contributed by atoms with Crippen molar-refractivity contribution in [3.63, 3.8) is 0 Å². The van der Waals surface area contributed by atoms with E-state index in [9.17, 15) is 19.7 Å². The number of nitro groups is 1. The first-order chi connectivity index (χ1) is 27.7. The highest BCUT2D eigenvalue weighted by atomic mass is 31.0. The van der Waals surface area contributed by atoms with E-state index in [1.165, 1.54) is 26.4 Å². The molecule has 3 aliphatic heterocycles. The third kappa shape index (κ3) is 7.10. The lowest BCUT2D eigenvalue weighted by atomic mass is 10.1. The quantitative estimate of drug-likeness (QED) is 0.0567. The molecular weight excluding hydrogens is 745 g/mol. The fourth-order valence-electron chi connectivity index (χ4n) is 7.84. The van der Waals surface area contributed by atoms with E-state index in [0.717, 1.165) is 35.3 Å². The Bertz CT molecular complexity index is 2460. The van der Waals surface area contributed by atoms with Gasteiger partial charge >= 0.3 is 0 Å². The van der Waals surface area contributed by atoms with Crippen LogP contribution < -0.4 is 33.4 Å². The van der Waals surface area contributed by atoms with Gasteiger partial charge in [0.25, 0.3) is 17.5 Å². The van der Waals surface area contributed by atoms with Crippen LogP contribution in [0.25, 0.3) is 0 Å². The van der Waals surface area contributed by atoms with Gasteiger partial charge in [-0.15, -0.1) is 0 Å². The summed E-state index contributed by atoms with van der Waals surface area (Å²) in [5.74, 6) is 1.04. The summed E-state index contributed by atoms with van der Waals surface area (Å²) in [6.45, 7) is 2.81. The molecule has 0 aromatic heterocycles. The number of amides is 2. The zero-order valence-corrected chi connectivity index (χ0v) is 32.8. The molecule has 14 heteroatoms.